The molecular weight excluding hydrogens is 498 g/mol. The Balaban J connectivity index is 1.14. The number of hydrogen-bond donors (Lipinski definition) is 2. The Morgan fingerprint density at radius 3 is 2.45 bits per heavy atom. The number of hydrogen-bond acceptors (Lipinski definition) is 6. The zero-order valence-corrected chi connectivity index (χ0v) is 22.1. The molecule has 4 aromatic carbocycles. The summed E-state index contributed by atoms with van der Waals surface area (Å²) in [5, 5.41) is 14.1. The Labute approximate surface area is 226 Å². The highest BCUT2D eigenvalue weighted by Gasteiger charge is 2.32. The summed E-state index contributed by atoms with van der Waals surface area (Å²) >= 11 is 1.18. The number of benzene rings is 4. The van der Waals surface area contributed by atoms with Gasteiger partial charge in [0.05, 0.1) is 13.2 Å². The van der Waals surface area contributed by atoms with Crippen molar-refractivity contribution in [2.45, 2.75) is 37.0 Å². The second-order valence-electron chi connectivity index (χ2n) is 9.13. The van der Waals surface area contributed by atoms with E-state index in [4.69, 9.17) is 14.2 Å². The van der Waals surface area contributed by atoms with Gasteiger partial charge in [-0.15, -0.1) is 0 Å². The van der Waals surface area contributed by atoms with E-state index in [-0.39, 0.29) is 5.91 Å². The number of carbonyl (C=O) groups is 1. The largest absolute Gasteiger partial charge is 0.493 e. The lowest BCUT2D eigenvalue weighted by atomic mass is 10.1. The summed E-state index contributed by atoms with van der Waals surface area (Å²) in [4.78, 5) is 12.0. The van der Waals surface area contributed by atoms with Crippen LogP contribution in [0.25, 0.3) is 10.8 Å². The number of carbonyl (C=O) groups excluding carboxylic acids is 1. The zero-order chi connectivity index (χ0) is 26.3. The molecule has 1 heterocycles. The third-order valence-corrected chi connectivity index (χ3v) is 7.39. The fourth-order valence-electron chi connectivity index (χ4n) is 4.44. The third-order valence-electron chi connectivity index (χ3n) is 6.25. The SMILES string of the molecule is CCCc1cc(Oc2ccc3ccccc3c2)ccc1OCCCOc1cccc(C2SC(O)NC2=O)c1. The van der Waals surface area contributed by atoms with Gasteiger partial charge in [-0.2, -0.15) is 0 Å². The van der Waals surface area contributed by atoms with E-state index in [1.165, 1.54) is 17.1 Å². The molecule has 6 nitrogen and oxygen atoms in total. The van der Waals surface area contributed by atoms with Gasteiger partial charge in [0, 0.05) is 6.42 Å². The summed E-state index contributed by atoms with van der Waals surface area (Å²) in [5.74, 6) is 2.97. The number of ether oxygens (including phenoxy) is 3. The summed E-state index contributed by atoms with van der Waals surface area (Å²) in [6.07, 6.45) is 2.61. The number of aliphatic hydroxyl groups is 1. The minimum atomic E-state index is -0.869. The van der Waals surface area contributed by atoms with Crippen molar-refractivity contribution in [1.29, 1.82) is 0 Å². The van der Waals surface area contributed by atoms with Crippen LogP contribution in [0.2, 0.25) is 0 Å². The topological polar surface area (TPSA) is 77.0 Å². The van der Waals surface area contributed by atoms with Gasteiger partial charge in [0.2, 0.25) is 5.91 Å². The van der Waals surface area contributed by atoms with Gasteiger partial charge >= 0.3 is 0 Å². The Bertz CT molecular complexity index is 1410. The van der Waals surface area contributed by atoms with Crippen molar-refractivity contribution in [2.24, 2.45) is 0 Å². The first-order valence-electron chi connectivity index (χ1n) is 12.9. The first-order chi connectivity index (χ1) is 18.6. The van der Waals surface area contributed by atoms with Gasteiger partial charge in [-0.05, 0) is 70.8 Å². The number of rotatable bonds is 11. The first kappa shape index (κ1) is 25.9. The highest BCUT2D eigenvalue weighted by atomic mass is 32.2. The van der Waals surface area contributed by atoms with E-state index in [0.717, 1.165) is 46.6 Å². The van der Waals surface area contributed by atoms with Crippen molar-refractivity contribution in [3.8, 4) is 23.0 Å². The monoisotopic (exact) mass is 529 g/mol. The second-order valence-corrected chi connectivity index (χ2v) is 10.3. The average Bonchev–Trinajstić information content (AvgIpc) is 3.27. The molecule has 0 aliphatic carbocycles. The smallest absolute Gasteiger partial charge is 0.240 e. The number of nitrogens with one attached hydrogen (secondary N) is 1. The highest BCUT2D eigenvalue weighted by molar-refractivity contribution is 8.01. The third kappa shape index (κ3) is 6.41. The van der Waals surface area contributed by atoms with Crippen molar-refractivity contribution in [2.75, 3.05) is 13.2 Å². The van der Waals surface area contributed by atoms with Gasteiger partial charge in [-0.25, -0.2) is 0 Å². The quantitative estimate of drug-likeness (QED) is 0.213. The van der Waals surface area contributed by atoms with Gasteiger partial charge in [0.15, 0.2) is 5.56 Å². The summed E-state index contributed by atoms with van der Waals surface area (Å²) in [5.41, 5.74) is 1.06. The van der Waals surface area contributed by atoms with Crippen molar-refractivity contribution in [3.05, 3.63) is 96.1 Å². The maximum atomic E-state index is 12.0. The van der Waals surface area contributed by atoms with Gasteiger partial charge < -0.3 is 24.6 Å². The number of aryl methyl sites for hydroxylation is 1. The van der Waals surface area contributed by atoms with Crippen LogP contribution in [0.1, 0.15) is 36.1 Å². The molecule has 7 heteroatoms. The molecule has 2 unspecified atom stereocenters. The average molecular weight is 530 g/mol. The highest BCUT2D eigenvalue weighted by Crippen LogP contribution is 2.37. The Kier molecular flexibility index (Phi) is 8.36. The van der Waals surface area contributed by atoms with Crippen molar-refractivity contribution < 1.29 is 24.1 Å². The number of amides is 1. The standard InChI is InChI=1S/C31H31NO5S/c1-2-7-23-19-27(37-26-13-12-21-8-3-4-9-22(21)18-26)14-15-28(23)36-17-6-16-35-25-11-5-10-24(20-25)29-30(33)32-31(34)38-29/h3-5,8-15,18-20,29,31,34H,2,6-7,16-17H2,1H3,(H,32,33). The predicted molar refractivity (Wildman–Crippen MR) is 151 cm³/mol. The van der Waals surface area contributed by atoms with Crippen LogP contribution in [0.3, 0.4) is 0 Å². The molecule has 2 atom stereocenters. The Morgan fingerprint density at radius 1 is 0.842 bits per heavy atom. The molecule has 0 bridgehead atoms. The van der Waals surface area contributed by atoms with Crippen LogP contribution in [0.4, 0.5) is 0 Å². The molecule has 196 valence electrons. The lowest BCUT2D eigenvalue weighted by Crippen LogP contribution is -2.24. The summed E-state index contributed by atoms with van der Waals surface area (Å²) in [6.45, 7) is 3.16. The molecule has 1 saturated heterocycles. The molecule has 4 aromatic rings. The minimum absolute atomic E-state index is 0.190. The van der Waals surface area contributed by atoms with E-state index in [1.54, 1.807) is 0 Å². The molecule has 1 aliphatic heterocycles. The van der Waals surface area contributed by atoms with E-state index in [2.05, 4.69) is 42.6 Å². The van der Waals surface area contributed by atoms with Gasteiger partial charge in [0.25, 0.3) is 0 Å². The van der Waals surface area contributed by atoms with Crippen LogP contribution in [-0.4, -0.2) is 29.8 Å². The molecule has 1 aliphatic rings. The van der Waals surface area contributed by atoms with Gasteiger partial charge in [-0.1, -0.05) is 67.6 Å². The van der Waals surface area contributed by atoms with Crippen LogP contribution in [0.15, 0.2) is 84.9 Å². The Hall–Kier alpha value is -3.68. The van der Waals surface area contributed by atoms with Crippen LogP contribution in [0.5, 0.6) is 23.0 Å². The van der Waals surface area contributed by atoms with Crippen molar-refractivity contribution in [1.82, 2.24) is 5.32 Å². The molecule has 5 rings (SSSR count). The van der Waals surface area contributed by atoms with E-state index in [1.807, 2.05) is 54.6 Å². The molecule has 2 N–H and O–H groups in total. The van der Waals surface area contributed by atoms with Crippen LogP contribution in [0, 0.1) is 0 Å². The van der Waals surface area contributed by atoms with E-state index in [9.17, 15) is 9.90 Å². The van der Waals surface area contributed by atoms with E-state index >= 15 is 0 Å². The van der Waals surface area contributed by atoms with E-state index in [0.29, 0.717) is 25.4 Å². The number of aliphatic hydroxyl groups excluding tert-OH is 1. The molecular formula is C31H31NO5S. The molecule has 0 radical (unpaired) electrons. The van der Waals surface area contributed by atoms with Crippen LogP contribution >= 0.6 is 11.8 Å². The summed E-state index contributed by atoms with van der Waals surface area (Å²) in [6, 6.07) is 27.8. The molecule has 1 fully saturated rings. The normalized spacial score (nSPS) is 16.8. The fourth-order valence-corrected chi connectivity index (χ4v) is 5.38. The Morgan fingerprint density at radius 2 is 1.63 bits per heavy atom. The molecule has 0 aromatic heterocycles. The van der Waals surface area contributed by atoms with E-state index < -0.39 is 10.8 Å². The minimum Gasteiger partial charge on any atom is -0.493 e. The number of thioether (sulfide) groups is 1. The number of fused-ring (bicyclic) bond motifs is 1. The summed E-state index contributed by atoms with van der Waals surface area (Å²) < 4.78 is 18.2. The maximum Gasteiger partial charge on any atom is 0.240 e. The molecule has 38 heavy (non-hydrogen) atoms. The fraction of sp³-hybridized carbons (Fsp3) is 0.258. The molecule has 0 saturated carbocycles. The van der Waals surface area contributed by atoms with Crippen molar-refractivity contribution in [3.63, 3.8) is 0 Å². The summed E-state index contributed by atoms with van der Waals surface area (Å²) in [7, 11) is 0. The lowest BCUT2D eigenvalue weighted by molar-refractivity contribution is -0.121. The lowest BCUT2D eigenvalue weighted by Gasteiger charge is -2.14. The first-order valence-corrected chi connectivity index (χ1v) is 13.8. The second kappa shape index (κ2) is 12.2. The van der Waals surface area contributed by atoms with Crippen LogP contribution < -0.4 is 19.5 Å². The molecule has 0 spiro atoms. The maximum absolute atomic E-state index is 12.0. The predicted octanol–water partition coefficient (Wildman–Crippen LogP) is 6.61. The van der Waals surface area contributed by atoms with Gasteiger partial charge in [0.1, 0.15) is 28.2 Å². The zero-order valence-electron chi connectivity index (χ0n) is 21.3. The van der Waals surface area contributed by atoms with Crippen LogP contribution in [-0.2, 0) is 11.2 Å². The van der Waals surface area contributed by atoms with Crippen molar-refractivity contribution >= 4 is 28.4 Å². The molecule has 1 amide bonds. The van der Waals surface area contributed by atoms with Gasteiger partial charge in [-0.3, -0.25) is 4.79 Å².